The van der Waals surface area contributed by atoms with Gasteiger partial charge in [-0.3, -0.25) is 0 Å². The summed E-state index contributed by atoms with van der Waals surface area (Å²) in [7, 11) is 3.90. The van der Waals surface area contributed by atoms with Crippen molar-refractivity contribution in [2.24, 2.45) is 5.92 Å². The van der Waals surface area contributed by atoms with Crippen LogP contribution in [-0.2, 0) is 4.79 Å². The van der Waals surface area contributed by atoms with Gasteiger partial charge in [0.1, 0.15) is 6.04 Å². The number of carbonyl (C=O) groups excluding carboxylic acids is 1. The van der Waals surface area contributed by atoms with E-state index in [0.29, 0.717) is 17.5 Å². The smallest absolute Gasteiger partial charge is 0.327 e. The Bertz CT molecular complexity index is 336. The number of nitrogens with zero attached hydrogens (tertiary/aromatic N) is 2. The minimum absolute atomic E-state index is 0.0162. The van der Waals surface area contributed by atoms with E-state index in [1.165, 1.54) is 16.7 Å². The van der Waals surface area contributed by atoms with Crippen molar-refractivity contribution in [3.63, 3.8) is 0 Å². The highest BCUT2D eigenvalue weighted by atomic mass is 32.2. The van der Waals surface area contributed by atoms with Crippen molar-refractivity contribution in [3.8, 4) is 0 Å². The number of rotatable bonds is 5. The van der Waals surface area contributed by atoms with Crippen LogP contribution in [-0.4, -0.2) is 71.3 Å². The van der Waals surface area contributed by atoms with Crippen LogP contribution in [0.25, 0.3) is 0 Å². The van der Waals surface area contributed by atoms with Gasteiger partial charge in [-0.15, -0.1) is 11.8 Å². The molecule has 2 amide bonds. The van der Waals surface area contributed by atoms with Crippen LogP contribution in [0.1, 0.15) is 13.8 Å². The average molecular weight is 289 g/mol. The molecule has 1 aliphatic heterocycles. The Morgan fingerprint density at radius 3 is 2.58 bits per heavy atom. The molecule has 7 heteroatoms. The molecule has 1 unspecified atom stereocenters. The summed E-state index contributed by atoms with van der Waals surface area (Å²) in [5.41, 5.74) is 0. The van der Waals surface area contributed by atoms with Gasteiger partial charge >= 0.3 is 12.0 Å². The maximum atomic E-state index is 12.2. The normalized spacial score (nSPS) is 20.9. The van der Waals surface area contributed by atoms with Crippen molar-refractivity contribution in [2.45, 2.75) is 25.9 Å². The zero-order valence-corrected chi connectivity index (χ0v) is 12.7. The van der Waals surface area contributed by atoms with Gasteiger partial charge in [-0.2, -0.15) is 0 Å². The monoisotopic (exact) mass is 289 g/mol. The molecule has 2 atom stereocenters. The topological polar surface area (TPSA) is 72.9 Å². The molecule has 2 N–H and O–H groups in total. The first-order chi connectivity index (χ1) is 8.82. The lowest BCUT2D eigenvalue weighted by molar-refractivity contribution is -0.140. The number of hydrogen-bond donors (Lipinski definition) is 2. The first-order valence-corrected chi connectivity index (χ1v) is 7.50. The number of carboxylic acids is 1. The largest absolute Gasteiger partial charge is 0.480 e. The Balaban J connectivity index is 2.63. The number of carboxylic acid groups (broad SMARTS) is 1. The fraction of sp³-hybridized carbons (Fsp3) is 0.833. The first kappa shape index (κ1) is 16.1. The summed E-state index contributed by atoms with van der Waals surface area (Å²) < 4.78 is 0. The summed E-state index contributed by atoms with van der Waals surface area (Å²) in [6.45, 7) is 4.83. The van der Waals surface area contributed by atoms with Gasteiger partial charge in [-0.1, -0.05) is 13.8 Å². The third kappa shape index (κ3) is 4.58. The second-order valence-corrected chi connectivity index (χ2v) is 6.39. The number of aliphatic carboxylic acids is 1. The second-order valence-electron chi connectivity index (χ2n) is 5.39. The minimum Gasteiger partial charge on any atom is -0.480 e. The maximum absolute atomic E-state index is 12.2. The molecule has 1 aliphatic rings. The fourth-order valence-corrected chi connectivity index (χ4v) is 3.05. The maximum Gasteiger partial charge on any atom is 0.327 e. The molecule has 0 aromatic carbocycles. The molecule has 0 bridgehead atoms. The zero-order chi connectivity index (χ0) is 14.6. The SMILES string of the molecule is CC(C)C(CN(C)C)NC(=O)N1CSC[C@@H]1C(=O)O. The lowest BCUT2D eigenvalue weighted by Gasteiger charge is -2.29. The van der Waals surface area contributed by atoms with E-state index in [2.05, 4.69) is 5.32 Å². The Labute approximate surface area is 118 Å². The molecule has 0 radical (unpaired) electrons. The molecule has 1 saturated heterocycles. The molecule has 0 aliphatic carbocycles. The highest BCUT2D eigenvalue weighted by Gasteiger charge is 2.35. The van der Waals surface area contributed by atoms with Crippen LogP contribution in [0.5, 0.6) is 0 Å². The van der Waals surface area contributed by atoms with E-state index in [1.54, 1.807) is 0 Å². The lowest BCUT2D eigenvalue weighted by atomic mass is 10.0. The molecule has 6 nitrogen and oxygen atoms in total. The molecule has 110 valence electrons. The number of urea groups is 1. The molecule has 0 aromatic heterocycles. The third-order valence-electron chi connectivity index (χ3n) is 3.10. The zero-order valence-electron chi connectivity index (χ0n) is 11.9. The van der Waals surface area contributed by atoms with E-state index < -0.39 is 12.0 Å². The molecule has 19 heavy (non-hydrogen) atoms. The second kappa shape index (κ2) is 7.00. The summed E-state index contributed by atoms with van der Waals surface area (Å²) in [6.07, 6.45) is 0. The molecule has 1 heterocycles. The van der Waals surface area contributed by atoms with E-state index in [9.17, 15) is 9.59 Å². The van der Waals surface area contributed by atoms with Crippen LogP contribution in [0, 0.1) is 5.92 Å². The van der Waals surface area contributed by atoms with Gasteiger partial charge in [0.15, 0.2) is 0 Å². The molecular formula is C12H23N3O3S. The van der Waals surface area contributed by atoms with Crippen molar-refractivity contribution in [3.05, 3.63) is 0 Å². The van der Waals surface area contributed by atoms with Crippen molar-refractivity contribution in [1.29, 1.82) is 0 Å². The molecule has 1 fully saturated rings. The van der Waals surface area contributed by atoms with E-state index in [0.717, 1.165) is 6.54 Å². The van der Waals surface area contributed by atoms with Gasteiger partial charge in [-0.25, -0.2) is 9.59 Å². The number of likely N-dealkylation sites (N-methyl/N-ethyl adjacent to an activating group) is 1. The van der Waals surface area contributed by atoms with Gasteiger partial charge in [0, 0.05) is 18.3 Å². The number of carbonyl (C=O) groups is 2. The number of thioether (sulfide) groups is 1. The highest BCUT2D eigenvalue weighted by molar-refractivity contribution is 7.99. The molecular weight excluding hydrogens is 266 g/mol. The quantitative estimate of drug-likeness (QED) is 0.781. The Hall–Kier alpha value is -0.950. The van der Waals surface area contributed by atoms with Gasteiger partial charge in [0.05, 0.1) is 5.88 Å². The standard InChI is InChI=1S/C12H23N3O3S/c1-8(2)9(5-14(3)4)13-12(18)15-7-19-6-10(15)11(16)17/h8-10H,5-7H2,1-4H3,(H,13,18)(H,16,17)/t9?,10-/m1/s1. The van der Waals surface area contributed by atoms with Crippen LogP contribution in [0.2, 0.25) is 0 Å². The molecule has 1 rings (SSSR count). The first-order valence-electron chi connectivity index (χ1n) is 6.35. The molecule has 0 saturated carbocycles. The summed E-state index contributed by atoms with van der Waals surface area (Å²) in [6, 6.07) is -0.974. The number of amides is 2. The van der Waals surface area contributed by atoms with Crippen LogP contribution < -0.4 is 5.32 Å². The minimum atomic E-state index is -0.936. The predicted octanol–water partition coefficient (Wildman–Crippen LogP) is 0.742. The molecule has 0 aromatic rings. The fourth-order valence-electron chi connectivity index (χ4n) is 1.91. The summed E-state index contributed by atoms with van der Waals surface area (Å²) in [5.74, 6) is 0.261. The Kier molecular flexibility index (Phi) is 5.93. The summed E-state index contributed by atoms with van der Waals surface area (Å²) in [4.78, 5) is 26.7. The Morgan fingerprint density at radius 2 is 2.11 bits per heavy atom. The van der Waals surface area contributed by atoms with Crippen molar-refractivity contribution >= 4 is 23.8 Å². The van der Waals surface area contributed by atoms with Crippen molar-refractivity contribution in [2.75, 3.05) is 32.3 Å². The van der Waals surface area contributed by atoms with Gasteiger partial charge in [-0.05, 0) is 20.0 Å². The van der Waals surface area contributed by atoms with Crippen LogP contribution >= 0.6 is 11.8 Å². The van der Waals surface area contributed by atoms with Gasteiger partial charge < -0.3 is 20.2 Å². The van der Waals surface area contributed by atoms with E-state index >= 15 is 0 Å². The van der Waals surface area contributed by atoms with Crippen molar-refractivity contribution in [1.82, 2.24) is 15.1 Å². The average Bonchev–Trinajstić information content (AvgIpc) is 2.76. The Morgan fingerprint density at radius 1 is 1.47 bits per heavy atom. The third-order valence-corrected chi connectivity index (χ3v) is 4.12. The van der Waals surface area contributed by atoms with E-state index in [-0.39, 0.29) is 12.1 Å². The highest BCUT2D eigenvalue weighted by Crippen LogP contribution is 2.21. The van der Waals surface area contributed by atoms with Crippen LogP contribution in [0.4, 0.5) is 4.79 Å². The van der Waals surface area contributed by atoms with Crippen LogP contribution in [0.15, 0.2) is 0 Å². The molecule has 0 spiro atoms. The summed E-state index contributed by atoms with van der Waals surface area (Å²) in [5, 5.41) is 12.0. The van der Waals surface area contributed by atoms with Crippen molar-refractivity contribution < 1.29 is 14.7 Å². The van der Waals surface area contributed by atoms with Gasteiger partial charge in [0.25, 0.3) is 0 Å². The summed E-state index contributed by atoms with van der Waals surface area (Å²) >= 11 is 1.47. The van der Waals surface area contributed by atoms with E-state index in [4.69, 9.17) is 5.11 Å². The lowest BCUT2D eigenvalue weighted by Crippen LogP contribution is -2.53. The van der Waals surface area contributed by atoms with E-state index in [1.807, 2.05) is 32.8 Å². The predicted molar refractivity (Wildman–Crippen MR) is 76.3 cm³/mol. The van der Waals surface area contributed by atoms with Crippen LogP contribution in [0.3, 0.4) is 0 Å². The number of nitrogens with one attached hydrogen (secondary N) is 1. The number of hydrogen-bond acceptors (Lipinski definition) is 4. The van der Waals surface area contributed by atoms with Gasteiger partial charge in [0.2, 0.25) is 0 Å².